The first kappa shape index (κ1) is 29.0. The van der Waals surface area contributed by atoms with Crippen molar-refractivity contribution in [3.8, 4) is 0 Å². The van der Waals surface area contributed by atoms with E-state index in [-0.39, 0.29) is 94.6 Å². The van der Waals surface area contributed by atoms with E-state index in [1.54, 1.807) is 0 Å². The van der Waals surface area contributed by atoms with E-state index in [4.69, 9.17) is 0 Å². The molecule has 0 aliphatic heterocycles. The zero-order valence-electron chi connectivity index (χ0n) is 2.39. The molecule has 4 heteroatoms. The Kier molecular flexibility index (Phi) is 123. The van der Waals surface area contributed by atoms with Crippen molar-refractivity contribution in [2.75, 3.05) is 0 Å². The first-order valence-electron chi connectivity index (χ1n) is 0. The number of rotatable bonds is 0. The second kappa shape index (κ2) is 17.0. The molecule has 0 atom stereocenters. The molecule has 0 aromatic rings. The van der Waals surface area contributed by atoms with Crippen molar-refractivity contribution >= 4 is 48.9 Å². The van der Waals surface area contributed by atoms with Crippen molar-refractivity contribution in [3.05, 3.63) is 0 Å². The Morgan fingerprint density at radius 3 is 1.00 bits per heavy atom. The molecule has 0 fully saturated rings. The summed E-state index contributed by atoms with van der Waals surface area (Å²) in [5.41, 5.74) is 0. The molecule has 0 heterocycles. The summed E-state index contributed by atoms with van der Waals surface area (Å²) in [6.07, 6.45) is 0. The average Bonchev–Trinajstić information content (AvgIpc) is 0. The molecule has 1 N–H and O–H groups in total. The van der Waals surface area contributed by atoms with Crippen molar-refractivity contribution in [1.82, 2.24) is 0 Å². The van der Waals surface area contributed by atoms with Crippen molar-refractivity contribution < 1.29 is 45.7 Å². The van der Waals surface area contributed by atoms with Crippen molar-refractivity contribution in [2.45, 2.75) is 0 Å². The van der Waals surface area contributed by atoms with Gasteiger partial charge in [-0.2, -0.15) is 0 Å². The molecule has 0 aromatic heterocycles. The Morgan fingerprint density at radius 1 is 1.00 bits per heavy atom. The van der Waals surface area contributed by atoms with Gasteiger partial charge >= 0.3 is 48.9 Å². The summed E-state index contributed by atoms with van der Waals surface area (Å²) in [7, 11) is 0. The molecule has 0 saturated carbocycles. The van der Waals surface area contributed by atoms with Gasteiger partial charge in [-0.1, -0.05) is 0 Å². The normalized spacial score (nSPS) is 0. The van der Waals surface area contributed by atoms with Gasteiger partial charge in [-0.25, -0.2) is 0 Å². The van der Waals surface area contributed by atoms with Crippen LogP contribution in [0.3, 0.4) is 0 Å². The van der Waals surface area contributed by atoms with Gasteiger partial charge in [-0.05, 0) is 0 Å². The van der Waals surface area contributed by atoms with E-state index in [1.807, 2.05) is 0 Å². The van der Waals surface area contributed by atoms with Gasteiger partial charge < -0.3 is 5.48 Å². The Bertz CT molecular complexity index is 8.00. The molecule has 4 heavy (non-hydrogen) atoms. The molecule has 0 saturated heterocycles. The van der Waals surface area contributed by atoms with Gasteiger partial charge in [0.2, 0.25) is 0 Å². The topological polar surface area (TPSA) is 30.0 Å². The van der Waals surface area contributed by atoms with Crippen molar-refractivity contribution in [2.24, 2.45) is 0 Å². The molecule has 0 unspecified atom stereocenters. The molecule has 0 aliphatic carbocycles. The third-order valence-electron chi connectivity index (χ3n) is 0. The summed E-state index contributed by atoms with van der Waals surface area (Å²) in [5, 5.41) is 0. The maximum absolute atomic E-state index is 0. The van der Waals surface area contributed by atoms with E-state index in [1.165, 1.54) is 0 Å². The van der Waals surface area contributed by atoms with Gasteiger partial charge in [-0.15, -0.1) is 0 Å². The van der Waals surface area contributed by atoms with E-state index in [2.05, 4.69) is 0 Å². The molecule has 1 nitrogen and oxygen atoms in total. The van der Waals surface area contributed by atoms with Crippen LogP contribution in [0.4, 0.5) is 0 Å². The van der Waals surface area contributed by atoms with E-state index >= 15 is 0 Å². The van der Waals surface area contributed by atoms with Crippen LogP contribution in [0.25, 0.3) is 0 Å². The summed E-state index contributed by atoms with van der Waals surface area (Å²) < 4.78 is 0. The molecule has 0 aromatic carbocycles. The average molecular weight is 254 g/mol. The largest absolute Gasteiger partial charge is 0.870 e. The van der Waals surface area contributed by atoms with Gasteiger partial charge in [0.1, 0.15) is 0 Å². The van der Waals surface area contributed by atoms with E-state index in [9.17, 15) is 0 Å². The Hall–Kier alpha value is 2.83. The Balaban J connectivity index is 0. The molecule has 0 amide bonds. The van der Waals surface area contributed by atoms with Crippen molar-refractivity contribution in [3.63, 3.8) is 0 Å². The fourth-order valence-electron chi connectivity index (χ4n) is 0. The summed E-state index contributed by atoms with van der Waals surface area (Å²) in [6.45, 7) is 0. The molecule has 1 radical (unpaired) electrons. The minimum absolute atomic E-state index is 0. The van der Waals surface area contributed by atoms with Crippen LogP contribution in [0.5, 0.6) is 0 Å². The Morgan fingerprint density at radius 2 is 1.00 bits per heavy atom. The third-order valence-corrected chi connectivity index (χ3v) is 0. The van der Waals surface area contributed by atoms with Crippen LogP contribution in [0.2, 0.25) is 0 Å². The van der Waals surface area contributed by atoms with E-state index < -0.39 is 0 Å². The standard InChI is InChI=1S/Ba.H2O.Ti.V.H/h;1H2;;;/q+1;;;;/p-1. The minimum Gasteiger partial charge on any atom is -0.870 e. The van der Waals surface area contributed by atoms with E-state index in [0.717, 1.165) is 0 Å². The third kappa shape index (κ3) is 8.85. The summed E-state index contributed by atoms with van der Waals surface area (Å²) in [6, 6.07) is 0. The van der Waals surface area contributed by atoms with Crippen LogP contribution in [0.1, 0.15) is 0 Å². The van der Waals surface area contributed by atoms with Crippen LogP contribution >= 0.6 is 0 Å². The maximum atomic E-state index is 0. The van der Waals surface area contributed by atoms with Gasteiger partial charge in [0, 0.05) is 40.3 Å². The van der Waals surface area contributed by atoms with Crippen LogP contribution in [0.15, 0.2) is 0 Å². The van der Waals surface area contributed by atoms with E-state index in [0.29, 0.717) is 0 Å². The first-order chi connectivity index (χ1) is 0. The molecular weight excluding hydrogens is 252 g/mol. The Labute approximate surface area is 92.4 Å². The monoisotopic (exact) mass is 255 g/mol. The second-order valence-electron chi connectivity index (χ2n) is 0. The summed E-state index contributed by atoms with van der Waals surface area (Å²) >= 11 is 0. The van der Waals surface area contributed by atoms with Crippen LogP contribution in [-0.2, 0) is 40.3 Å². The zero-order valence-corrected chi connectivity index (χ0v) is 11.6. The smallest absolute Gasteiger partial charge is 0 e. The fourth-order valence-corrected chi connectivity index (χ4v) is 0. The first-order valence-corrected chi connectivity index (χ1v) is 0. The van der Waals surface area contributed by atoms with Crippen LogP contribution < -0.4 is 0 Å². The molecule has 0 aliphatic rings. The number of hydrogen-bond acceptors (Lipinski definition) is 1. The zero-order chi connectivity index (χ0) is 0. The molecule has 0 spiro atoms. The SMILES string of the molecule is [BaH+].[OH-].[Ti].[V]. The maximum Gasteiger partial charge on any atom is 0 e. The predicted octanol–water partition coefficient (Wildman–Crippen LogP) is -0.830. The fraction of sp³-hybridized carbons (Fsp3) is 0. The minimum atomic E-state index is 0. The number of hydrogen-bond donors (Lipinski definition) is 0. The molecule has 0 rings (SSSR count). The summed E-state index contributed by atoms with van der Waals surface area (Å²) in [5.74, 6) is 0. The second-order valence-corrected chi connectivity index (χ2v) is 0. The predicted molar refractivity (Wildman–Crippen MR) is 9.08 cm³/mol. The van der Waals surface area contributed by atoms with Gasteiger partial charge in [0.25, 0.3) is 0 Å². The molecule has 0 bridgehead atoms. The van der Waals surface area contributed by atoms with Crippen molar-refractivity contribution in [1.29, 1.82) is 0 Å². The van der Waals surface area contributed by atoms with Gasteiger partial charge in [0.15, 0.2) is 0 Å². The quantitative estimate of drug-likeness (QED) is 0.519. The van der Waals surface area contributed by atoms with Crippen LogP contribution in [-0.4, -0.2) is 54.4 Å². The van der Waals surface area contributed by atoms with Gasteiger partial charge in [0.05, 0.1) is 0 Å². The van der Waals surface area contributed by atoms with Crippen LogP contribution in [0, 0.1) is 0 Å². The molecule has 19 valence electrons. The summed E-state index contributed by atoms with van der Waals surface area (Å²) in [4.78, 5) is 0. The molecular formula is H2BaOTiV. The van der Waals surface area contributed by atoms with Gasteiger partial charge in [-0.3, -0.25) is 0 Å².